The molecule has 0 saturated carbocycles. The summed E-state index contributed by atoms with van der Waals surface area (Å²) in [4.78, 5) is 35.1. The van der Waals surface area contributed by atoms with E-state index in [2.05, 4.69) is 44.7 Å². The van der Waals surface area contributed by atoms with E-state index in [0.29, 0.717) is 29.0 Å². The minimum Gasteiger partial charge on any atom is -0.459 e. The Hall–Kier alpha value is -3.03. The number of nitrogens with zero attached hydrogens (tertiary/aromatic N) is 3. The van der Waals surface area contributed by atoms with Gasteiger partial charge in [-0.3, -0.25) is 5.10 Å². The van der Waals surface area contributed by atoms with Gasteiger partial charge in [0.1, 0.15) is 33.6 Å². The number of H-pyrrole nitrogens is 1. The summed E-state index contributed by atoms with van der Waals surface area (Å²) in [5.74, 6) is 0.340. The summed E-state index contributed by atoms with van der Waals surface area (Å²) < 4.78 is 18.6. The van der Waals surface area contributed by atoms with Gasteiger partial charge in [-0.1, -0.05) is 42.3 Å². The molecule has 1 aliphatic rings. The Labute approximate surface area is 243 Å². The van der Waals surface area contributed by atoms with E-state index < -0.39 is 30.3 Å². The molecule has 1 aliphatic heterocycles. The molecule has 2 aromatic carbocycles. The van der Waals surface area contributed by atoms with Crippen molar-refractivity contribution in [2.24, 2.45) is 0 Å². The Kier molecular flexibility index (Phi) is 8.48. The van der Waals surface area contributed by atoms with E-state index in [0.717, 1.165) is 31.0 Å². The lowest BCUT2D eigenvalue weighted by Crippen LogP contribution is -2.32. The molecule has 1 unspecified atom stereocenters. The highest BCUT2D eigenvalue weighted by atomic mass is 127. The van der Waals surface area contributed by atoms with Crippen molar-refractivity contribution in [1.82, 2.24) is 20.2 Å². The molecule has 1 saturated heterocycles. The number of thioether (sulfide) groups is 1. The largest absolute Gasteiger partial charge is 0.459 e. The zero-order valence-corrected chi connectivity index (χ0v) is 24.6. The average Bonchev–Trinajstić information content (AvgIpc) is 3.51. The zero-order chi connectivity index (χ0) is 27.5. The number of hydrogen-bond donors (Lipinski definition) is 1. The molecule has 0 amide bonds. The third kappa shape index (κ3) is 6.25. The van der Waals surface area contributed by atoms with Gasteiger partial charge in [-0.25, -0.2) is 19.6 Å². The molecule has 0 bridgehead atoms. The molecular formula is C28H27IN4O5S. The second-order valence-electron chi connectivity index (χ2n) is 9.23. The van der Waals surface area contributed by atoms with Crippen molar-refractivity contribution in [2.45, 2.75) is 50.5 Å². The first kappa shape index (κ1) is 27.5. The molecule has 4 aromatic rings. The number of fused-ring (bicyclic) bond motifs is 1. The summed E-state index contributed by atoms with van der Waals surface area (Å²) >= 11 is 3.75. The maximum atomic E-state index is 13.0. The fraction of sp³-hybridized carbons (Fsp3) is 0.321. The quantitative estimate of drug-likeness (QED) is 0.112. The lowest BCUT2D eigenvalue weighted by molar-refractivity contribution is -0.0440. The summed E-state index contributed by atoms with van der Waals surface area (Å²) in [7, 11) is 0. The van der Waals surface area contributed by atoms with E-state index >= 15 is 0 Å². The van der Waals surface area contributed by atoms with Gasteiger partial charge in [-0.05, 0) is 66.5 Å². The van der Waals surface area contributed by atoms with Gasteiger partial charge in [0.15, 0.2) is 11.5 Å². The minimum atomic E-state index is -0.692. The SMILES string of the molecule is CCSc1nc([C@H]2CC(OC(=O)c3ccc(C)cc3)[C@@H](COC(=O)c3ccc(C)cc3)O2)nc2[nH]nc(I)c12. The molecular weight excluding hydrogens is 631 g/mol. The molecule has 9 nitrogen and oxygen atoms in total. The number of benzene rings is 2. The van der Waals surface area contributed by atoms with Gasteiger partial charge in [0.05, 0.1) is 16.5 Å². The van der Waals surface area contributed by atoms with Crippen molar-refractivity contribution in [3.05, 3.63) is 80.3 Å². The number of nitrogens with one attached hydrogen (secondary N) is 1. The predicted octanol–water partition coefficient (Wildman–Crippen LogP) is 5.60. The summed E-state index contributed by atoms with van der Waals surface area (Å²) in [6.45, 7) is 5.86. The number of aryl methyl sites for hydroxylation is 2. The van der Waals surface area contributed by atoms with Gasteiger partial charge in [0.25, 0.3) is 0 Å². The Morgan fingerprint density at radius 2 is 1.67 bits per heavy atom. The summed E-state index contributed by atoms with van der Waals surface area (Å²) in [6, 6.07) is 14.3. The first-order valence-corrected chi connectivity index (χ1v) is 14.6. The topological polar surface area (TPSA) is 116 Å². The lowest BCUT2D eigenvalue weighted by Gasteiger charge is -2.19. The Bertz CT molecular complexity index is 1490. The first-order chi connectivity index (χ1) is 18.8. The van der Waals surface area contributed by atoms with Crippen LogP contribution in [0.1, 0.15) is 57.1 Å². The molecule has 2 aromatic heterocycles. The minimum absolute atomic E-state index is 0.0875. The third-order valence-electron chi connectivity index (χ3n) is 6.34. The molecule has 11 heteroatoms. The van der Waals surface area contributed by atoms with Crippen LogP contribution in [0.25, 0.3) is 11.0 Å². The Balaban J connectivity index is 1.38. The van der Waals surface area contributed by atoms with Crippen molar-refractivity contribution in [1.29, 1.82) is 0 Å². The van der Waals surface area contributed by atoms with Crippen LogP contribution in [0.15, 0.2) is 53.6 Å². The maximum absolute atomic E-state index is 13.0. The van der Waals surface area contributed by atoms with Crippen LogP contribution in [0.4, 0.5) is 0 Å². The predicted molar refractivity (Wildman–Crippen MR) is 155 cm³/mol. The second-order valence-corrected chi connectivity index (χ2v) is 11.5. The normalized spacial score (nSPS) is 18.8. The maximum Gasteiger partial charge on any atom is 0.338 e. The van der Waals surface area contributed by atoms with E-state index in [9.17, 15) is 9.59 Å². The van der Waals surface area contributed by atoms with E-state index in [4.69, 9.17) is 19.2 Å². The van der Waals surface area contributed by atoms with E-state index in [1.54, 1.807) is 36.0 Å². The molecule has 3 heterocycles. The number of carbonyl (C=O) groups is 2. The number of carbonyl (C=O) groups excluding carboxylic acids is 2. The van der Waals surface area contributed by atoms with Gasteiger partial charge >= 0.3 is 11.9 Å². The number of ether oxygens (including phenoxy) is 3. The van der Waals surface area contributed by atoms with E-state index in [1.807, 2.05) is 38.1 Å². The van der Waals surface area contributed by atoms with Gasteiger partial charge in [-0.15, -0.1) is 11.8 Å². The van der Waals surface area contributed by atoms with Crippen LogP contribution in [-0.2, 0) is 14.2 Å². The summed E-state index contributed by atoms with van der Waals surface area (Å²) in [6.07, 6.45) is -1.61. The number of aromatic nitrogens is 4. The fourth-order valence-corrected chi connectivity index (χ4v) is 5.83. The van der Waals surface area contributed by atoms with Crippen LogP contribution in [0.3, 0.4) is 0 Å². The Morgan fingerprint density at radius 1 is 1.03 bits per heavy atom. The number of esters is 2. The molecule has 5 rings (SSSR count). The lowest BCUT2D eigenvalue weighted by atomic mass is 10.1. The molecule has 0 spiro atoms. The second kappa shape index (κ2) is 12.0. The molecule has 0 radical (unpaired) electrons. The van der Waals surface area contributed by atoms with Crippen molar-refractivity contribution in [2.75, 3.05) is 12.4 Å². The van der Waals surface area contributed by atoms with Gasteiger partial charge in [0.2, 0.25) is 0 Å². The van der Waals surface area contributed by atoms with Crippen molar-refractivity contribution >= 4 is 57.3 Å². The van der Waals surface area contributed by atoms with E-state index in [-0.39, 0.29) is 6.61 Å². The van der Waals surface area contributed by atoms with Crippen molar-refractivity contribution < 1.29 is 23.8 Å². The van der Waals surface area contributed by atoms with Crippen LogP contribution >= 0.6 is 34.4 Å². The highest BCUT2D eigenvalue weighted by Crippen LogP contribution is 2.36. The number of halogens is 1. The summed E-state index contributed by atoms with van der Waals surface area (Å²) in [5.41, 5.74) is 3.57. The number of hydrogen-bond acceptors (Lipinski definition) is 9. The van der Waals surface area contributed by atoms with E-state index in [1.165, 1.54) is 0 Å². The van der Waals surface area contributed by atoms with Crippen LogP contribution in [0, 0.1) is 17.5 Å². The molecule has 1 fully saturated rings. The zero-order valence-electron chi connectivity index (χ0n) is 21.6. The highest BCUT2D eigenvalue weighted by molar-refractivity contribution is 14.1. The van der Waals surface area contributed by atoms with Gasteiger partial charge in [-0.2, -0.15) is 5.10 Å². The monoisotopic (exact) mass is 658 g/mol. The molecule has 0 aliphatic carbocycles. The average molecular weight is 659 g/mol. The smallest absolute Gasteiger partial charge is 0.338 e. The van der Waals surface area contributed by atoms with Crippen LogP contribution < -0.4 is 0 Å². The molecule has 1 N–H and O–H groups in total. The van der Waals surface area contributed by atoms with Crippen LogP contribution in [-0.4, -0.2) is 56.7 Å². The molecule has 3 atom stereocenters. The number of rotatable bonds is 8. The van der Waals surface area contributed by atoms with Crippen LogP contribution in [0.2, 0.25) is 0 Å². The molecule has 39 heavy (non-hydrogen) atoms. The number of aromatic amines is 1. The van der Waals surface area contributed by atoms with Crippen molar-refractivity contribution in [3.63, 3.8) is 0 Å². The van der Waals surface area contributed by atoms with Gasteiger partial charge < -0.3 is 14.2 Å². The molecule has 202 valence electrons. The standard InChI is InChI=1S/C28H27IN4O5S/c1-4-39-26-22-23(29)32-33-25(22)30-24(31-26)20-13-19(38-28(35)18-11-7-16(3)8-12-18)21(37-20)14-36-27(34)17-9-5-15(2)6-10-17/h5-12,19-21H,4,13-14H2,1-3H3,(H,30,31,32,33)/t19?,20-,21-/m1/s1. The fourth-order valence-electron chi connectivity index (χ4n) is 4.25. The van der Waals surface area contributed by atoms with Crippen LogP contribution in [0.5, 0.6) is 0 Å². The third-order valence-corrected chi connectivity index (χ3v) is 7.98. The Morgan fingerprint density at radius 3 is 2.31 bits per heavy atom. The summed E-state index contributed by atoms with van der Waals surface area (Å²) in [5, 5.41) is 8.92. The highest BCUT2D eigenvalue weighted by Gasteiger charge is 2.41. The van der Waals surface area contributed by atoms with Crippen molar-refractivity contribution in [3.8, 4) is 0 Å². The first-order valence-electron chi connectivity index (χ1n) is 12.5. The van der Waals surface area contributed by atoms with Gasteiger partial charge in [0, 0.05) is 6.42 Å².